The van der Waals surface area contributed by atoms with Crippen molar-refractivity contribution in [2.45, 2.75) is 37.4 Å². The van der Waals surface area contributed by atoms with E-state index in [4.69, 9.17) is 4.74 Å². The largest absolute Gasteiger partial charge is 0.475 e. The third-order valence-corrected chi connectivity index (χ3v) is 6.06. The van der Waals surface area contributed by atoms with Crippen molar-refractivity contribution in [1.29, 1.82) is 0 Å². The molecule has 3 aromatic rings. The van der Waals surface area contributed by atoms with E-state index in [0.717, 1.165) is 16.9 Å². The zero-order chi connectivity index (χ0) is 23.8. The van der Waals surface area contributed by atoms with Crippen molar-refractivity contribution in [3.05, 3.63) is 48.3 Å². The molecular formula is C20H21F3N6O3S. The highest BCUT2D eigenvalue weighted by molar-refractivity contribution is 7.92. The van der Waals surface area contributed by atoms with Gasteiger partial charge >= 0.3 is 6.18 Å². The van der Waals surface area contributed by atoms with Gasteiger partial charge in [-0.2, -0.15) is 28.2 Å². The molecule has 2 aromatic heterocycles. The second-order valence-corrected chi connectivity index (χ2v) is 9.63. The molecule has 9 nitrogen and oxygen atoms in total. The highest BCUT2D eigenvalue weighted by atomic mass is 32.2. The van der Waals surface area contributed by atoms with E-state index in [-0.39, 0.29) is 35.2 Å². The van der Waals surface area contributed by atoms with E-state index in [1.165, 1.54) is 18.2 Å². The number of nitrogens with zero attached hydrogens (tertiary/aromatic N) is 4. The fraction of sp³-hybridized carbons (Fsp3) is 0.350. The molecule has 1 aliphatic rings. The average molecular weight is 482 g/mol. The maximum Gasteiger partial charge on any atom is 0.435 e. The van der Waals surface area contributed by atoms with Gasteiger partial charge < -0.3 is 10.1 Å². The number of rotatable bonds is 3. The Balaban J connectivity index is 1.78. The Kier molecular flexibility index (Phi) is 5.91. The van der Waals surface area contributed by atoms with Crippen LogP contribution in [-0.4, -0.2) is 40.8 Å². The van der Waals surface area contributed by atoms with Crippen molar-refractivity contribution >= 4 is 21.7 Å². The number of ether oxygens (including phenoxy) is 1. The van der Waals surface area contributed by atoms with Gasteiger partial charge in [-0.25, -0.2) is 17.8 Å². The van der Waals surface area contributed by atoms with Crippen molar-refractivity contribution in [3.63, 3.8) is 0 Å². The first kappa shape index (κ1) is 22.8. The predicted molar refractivity (Wildman–Crippen MR) is 114 cm³/mol. The first-order valence-electron chi connectivity index (χ1n) is 10.0. The SMILES string of the molecule is CC(C)C[C@@H]1COc2cc(-n3ccc(C(F)(F)F)n3)nc(n2)NS(=O)(=O)c2cccc(c2)N1. The standard InChI is InChI=1S/C20H21F3N6O3S/c1-12(2)8-14-11-32-18-10-17(29-7-6-16(27-29)20(21,22)23)25-19(26-18)28-33(30,31)15-5-3-4-13(9-15)24-14/h3-7,9-10,12,14,24H,8,11H2,1-2H3,(H,25,26,28)/t14-/m1/s1. The third-order valence-electron chi connectivity index (χ3n) is 4.73. The van der Waals surface area contributed by atoms with Crippen molar-refractivity contribution in [3.8, 4) is 11.7 Å². The Morgan fingerprint density at radius 3 is 2.70 bits per heavy atom. The fourth-order valence-corrected chi connectivity index (χ4v) is 4.33. The highest BCUT2D eigenvalue weighted by Crippen LogP contribution is 2.28. The maximum absolute atomic E-state index is 13.0. The predicted octanol–water partition coefficient (Wildman–Crippen LogP) is 3.70. The molecule has 1 aliphatic heterocycles. The monoisotopic (exact) mass is 482 g/mol. The Morgan fingerprint density at radius 1 is 1.21 bits per heavy atom. The van der Waals surface area contributed by atoms with Gasteiger partial charge in [-0.05, 0) is 36.6 Å². The molecule has 0 saturated carbocycles. The number of halogens is 3. The van der Waals surface area contributed by atoms with Crippen molar-refractivity contribution < 1.29 is 26.3 Å². The fourth-order valence-electron chi connectivity index (χ4n) is 3.34. The summed E-state index contributed by atoms with van der Waals surface area (Å²) in [5.74, 6) is -0.145. The van der Waals surface area contributed by atoms with Gasteiger partial charge in [0.15, 0.2) is 11.5 Å². The summed E-state index contributed by atoms with van der Waals surface area (Å²) in [5.41, 5.74) is -0.507. The van der Waals surface area contributed by atoms with Crippen molar-refractivity contribution in [2.24, 2.45) is 5.92 Å². The average Bonchev–Trinajstić information content (AvgIpc) is 3.22. The number of hydrogen-bond donors (Lipinski definition) is 2. The smallest absolute Gasteiger partial charge is 0.435 e. The van der Waals surface area contributed by atoms with Gasteiger partial charge in [0.05, 0.1) is 10.9 Å². The lowest BCUT2D eigenvalue weighted by Crippen LogP contribution is -2.29. The summed E-state index contributed by atoms with van der Waals surface area (Å²) in [6, 6.07) is 8.15. The maximum atomic E-state index is 13.0. The lowest BCUT2D eigenvalue weighted by molar-refractivity contribution is -0.141. The van der Waals surface area contributed by atoms with E-state index in [1.54, 1.807) is 12.1 Å². The highest BCUT2D eigenvalue weighted by Gasteiger charge is 2.34. The molecule has 0 amide bonds. The molecule has 0 fully saturated rings. The van der Waals surface area contributed by atoms with Gasteiger partial charge in [-0.3, -0.25) is 0 Å². The minimum Gasteiger partial charge on any atom is -0.475 e. The summed E-state index contributed by atoms with van der Waals surface area (Å²) >= 11 is 0. The molecule has 4 rings (SSSR count). The number of nitrogens with one attached hydrogen (secondary N) is 2. The minimum absolute atomic E-state index is 0.0125. The molecule has 1 aromatic carbocycles. The number of sulfonamides is 1. The van der Waals surface area contributed by atoms with Crippen LogP contribution in [0.3, 0.4) is 0 Å². The summed E-state index contributed by atoms with van der Waals surface area (Å²) < 4.78 is 73.6. The van der Waals surface area contributed by atoms with Gasteiger partial charge in [0, 0.05) is 18.0 Å². The number of anilines is 2. The molecule has 0 aliphatic carbocycles. The van der Waals surface area contributed by atoms with Crippen molar-refractivity contribution in [1.82, 2.24) is 19.7 Å². The Hall–Kier alpha value is -3.35. The number of aromatic nitrogens is 4. The van der Waals surface area contributed by atoms with Crippen LogP contribution < -0.4 is 14.8 Å². The molecule has 0 spiro atoms. The topological polar surface area (TPSA) is 111 Å². The molecule has 0 saturated heterocycles. The van der Waals surface area contributed by atoms with Crippen LogP contribution in [0.15, 0.2) is 47.5 Å². The van der Waals surface area contributed by atoms with Crippen LogP contribution in [0, 0.1) is 5.92 Å². The zero-order valence-corrected chi connectivity index (χ0v) is 18.5. The van der Waals surface area contributed by atoms with Gasteiger partial charge in [0.25, 0.3) is 10.0 Å². The number of benzene rings is 1. The second kappa shape index (κ2) is 8.54. The van der Waals surface area contributed by atoms with E-state index >= 15 is 0 Å². The molecule has 33 heavy (non-hydrogen) atoms. The molecule has 1 atom stereocenters. The lowest BCUT2D eigenvalue weighted by Gasteiger charge is -2.23. The van der Waals surface area contributed by atoms with Crippen LogP contribution >= 0.6 is 0 Å². The summed E-state index contributed by atoms with van der Waals surface area (Å²) in [6.45, 7) is 4.26. The van der Waals surface area contributed by atoms with E-state index in [1.807, 2.05) is 13.8 Å². The number of hydrogen-bond acceptors (Lipinski definition) is 7. The molecule has 3 heterocycles. The van der Waals surface area contributed by atoms with Crippen LogP contribution in [0.25, 0.3) is 5.82 Å². The van der Waals surface area contributed by atoms with Gasteiger partial charge in [-0.1, -0.05) is 19.9 Å². The normalized spacial score (nSPS) is 17.8. The van der Waals surface area contributed by atoms with E-state index < -0.39 is 21.9 Å². The molecule has 13 heteroatoms. The summed E-state index contributed by atoms with van der Waals surface area (Å²) in [5, 5.41) is 6.77. The second-order valence-electron chi connectivity index (χ2n) is 7.95. The zero-order valence-electron chi connectivity index (χ0n) is 17.7. The van der Waals surface area contributed by atoms with Gasteiger partial charge in [0.2, 0.25) is 11.8 Å². The number of fused-ring (bicyclic) bond motifs is 4. The summed E-state index contributed by atoms with van der Waals surface area (Å²) in [4.78, 5) is 8.10. The summed E-state index contributed by atoms with van der Waals surface area (Å²) in [6.07, 6.45) is -2.85. The van der Waals surface area contributed by atoms with Crippen molar-refractivity contribution in [2.75, 3.05) is 16.6 Å². The first-order chi connectivity index (χ1) is 15.5. The Morgan fingerprint density at radius 2 is 2.00 bits per heavy atom. The van der Waals surface area contributed by atoms with Gasteiger partial charge in [0.1, 0.15) is 6.61 Å². The van der Waals surface area contributed by atoms with Gasteiger partial charge in [-0.15, -0.1) is 0 Å². The lowest BCUT2D eigenvalue weighted by atomic mass is 10.0. The molecular weight excluding hydrogens is 461 g/mol. The Bertz CT molecular complexity index is 1260. The minimum atomic E-state index is -4.64. The Labute approximate surface area is 188 Å². The van der Waals surface area contributed by atoms with Crippen LogP contribution in [0.5, 0.6) is 5.88 Å². The van der Waals surface area contributed by atoms with E-state index in [9.17, 15) is 21.6 Å². The van der Waals surface area contributed by atoms with Crippen LogP contribution in [0.1, 0.15) is 26.0 Å². The van der Waals surface area contributed by atoms with E-state index in [2.05, 4.69) is 25.1 Å². The van der Waals surface area contributed by atoms with E-state index in [0.29, 0.717) is 18.0 Å². The molecule has 0 unspecified atom stereocenters. The van der Waals surface area contributed by atoms with Crippen LogP contribution in [0.2, 0.25) is 0 Å². The molecule has 0 radical (unpaired) electrons. The molecule has 4 bridgehead atoms. The number of alkyl halides is 3. The quantitative estimate of drug-likeness (QED) is 0.586. The molecule has 176 valence electrons. The first-order valence-corrected chi connectivity index (χ1v) is 11.5. The summed E-state index contributed by atoms with van der Waals surface area (Å²) in [7, 11) is -4.08. The molecule has 2 N–H and O–H groups in total. The van der Waals surface area contributed by atoms with Crippen LogP contribution in [0.4, 0.5) is 24.8 Å². The third kappa shape index (κ3) is 5.35. The van der Waals surface area contributed by atoms with Crippen LogP contribution in [-0.2, 0) is 16.2 Å².